The normalized spacial score (nSPS) is 10.4. The minimum Gasteiger partial charge on any atom is -1.00 e. The van der Waals surface area contributed by atoms with Crippen LogP contribution >= 0.6 is 0 Å². The molecule has 0 fully saturated rings. The summed E-state index contributed by atoms with van der Waals surface area (Å²) in [6.07, 6.45) is 0. The molecule has 0 saturated carbocycles. The van der Waals surface area contributed by atoms with Crippen LogP contribution in [0.15, 0.2) is 29.2 Å². The first-order valence-electron chi connectivity index (χ1n) is 2.88. The number of nitrogen functional groups attached to an aromatic ring is 1. The first-order chi connectivity index (χ1) is 5.00. The van der Waals surface area contributed by atoms with Gasteiger partial charge >= 0.3 is 51.4 Å². The molecule has 0 aliphatic carbocycles. The summed E-state index contributed by atoms with van der Waals surface area (Å²) in [7, 11) is -3.58. The van der Waals surface area contributed by atoms with Crippen molar-refractivity contribution in [1.29, 1.82) is 0 Å². The van der Waals surface area contributed by atoms with Gasteiger partial charge in [-0.25, -0.2) is 13.6 Å². The molecule has 1 aromatic rings. The molecule has 6 heteroatoms. The first-order valence-corrected chi connectivity index (χ1v) is 4.43. The van der Waals surface area contributed by atoms with Gasteiger partial charge in [0.2, 0.25) is 10.0 Å². The number of hydrogen-bond acceptors (Lipinski definition) is 3. The van der Waals surface area contributed by atoms with Crippen LogP contribution in [0.2, 0.25) is 0 Å². The van der Waals surface area contributed by atoms with Gasteiger partial charge in [0.05, 0.1) is 4.90 Å². The van der Waals surface area contributed by atoms with E-state index >= 15 is 0 Å². The van der Waals surface area contributed by atoms with E-state index in [0.717, 1.165) is 0 Å². The van der Waals surface area contributed by atoms with Crippen LogP contribution in [0.25, 0.3) is 0 Å². The standard InChI is InChI=1S/C6H8N2O2S.K.H/c7-5-1-3-6(4-2-5)11(8,9)10;;/h1-4H,7H2,(H2,8,9,10);;/q;+1;-1. The van der Waals surface area contributed by atoms with Crippen LogP contribution in [-0.4, -0.2) is 8.42 Å². The third-order valence-corrected chi connectivity index (χ3v) is 2.14. The van der Waals surface area contributed by atoms with Crippen molar-refractivity contribution in [2.24, 2.45) is 5.14 Å². The summed E-state index contributed by atoms with van der Waals surface area (Å²) >= 11 is 0. The number of sulfonamides is 1. The SMILES string of the molecule is Nc1ccc(S(N)(=O)=O)cc1.[H-].[K+]. The Kier molecular flexibility index (Phi) is 4.93. The van der Waals surface area contributed by atoms with E-state index in [9.17, 15) is 8.42 Å². The maximum atomic E-state index is 10.7. The smallest absolute Gasteiger partial charge is 1.00 e. The van der Waals surface area contributed by atoms with Gasteiger partial charge in [0.15, 0.2) is 0 Å². The minimum atomic E-state index is -3.58. The van der Waals surface area contributed by atoms with Crippen molar-refractivity contribution >= 4 is 15.7 Å². The van der Waals surface area contributed by atoms with E-state index in [1.807, 2.05) is 0 Å². The second-order valence-corrected chi connectivity index (χ2v) is 3.68. The van der Waals surface area contributed by atoms with Crippen molar-refractivity contribution in [3.63, 3.8) is 0 Å². The Labute approximate surface area is 115 Å². The fraction of sp³-hybridized carbons (Fsp3) is 0. The van der Waals surface area contributed by atoms with E-state index < -0.39 is 10.0 Å². The molecule has 12 heavy (non-hydrogen) atoms. The molecule has 0 radical (unpaired) electrons. The fourth-order valence-electron chi connectivity index (χ4n) is 0.658. The van der Waals surface area contributed by atoms with Crippen molar-refractivity contribution in [3.8, 4) is 0 Å². The molecular formula is C6H9KN2O2S. The quantitative estimate of drug-likeness (QED) is 0.385. The number of hydrogen-bond donors (Lipinski definition) is 2. The van der Waals surface area contributed by atoms with Crippen molar-refractivity contribution in [3.05, 3.63) is 24.3 Å². The Hall–Kier alpha value is 0.566. The summed E-state index contributed by atoms with van der Waals surface area (Å²) in [5.74, 6) is 0. The van der Waals surface area contributed by atoms with E-state index in [0.29, 0.717) is 5.69 Å². The first kappa shape index (κ1) is 12.6. The average molecular weight is 212 g/mol. The number of benzene rings is 1. The van der Waals surface area contributed by atoms with E-state index in [1.165, 1.54) is 24.3 Å². The molecule has 1 rings (SSSR count). The van der Waals surface area contributed by atoms with Gasteiger partial charge in [-0.3, -0.25) is 0 Å². The number of rotatable bonds is 1. The van der Waals surface area contributed by atoms with E-state index in [4.69, 9.17) is 10.9 Å². The number of anilines is 1. The third kappa shape index (κ3) is 3.52. The predicted molar refractivity (Wildman–Crippen MR) is 43.3 cm³/mol. The summed E-state index contributed by atoms with van der Waals surface area (Å²) in [5.41, 5.74) is 5.85. The predicted octanol–water partition coefficient (Wildman–Crippen LogP) is -2.97. The van der Waals surface area contributed by atoms with Crippen molar-refractivity contribution in [2.45, 2.75) is 4.90 Å². The van der Waals surface area contributed by atoms with E-state index in [1.54, 1.807) is 0 Å². The van der Waals surface area contributed by atoms with Crippen LogP contribution in [0.4, 0.5) is 5.69 Å². The second-order valence-electron chi connectivity index (χ2n) is 2.11. The summed E-state index contributed by atoms with van der Waals surface area (Å²) in [6.45, 7) is 0. The molecular weight excluding hydrogens is 203 g/mol. The Balaban J connectivity index is 0. The molecule has 0 aromatic heterocycles. The molecule has 62 valence electrons. The molecule has 4 nitrogen and oxygen atoms in total. The van der Waals surface area contributed by atoms with Crippen LogP contribution in [0.3, 0.4) is 0 Å². The molecule has 0 aliphatic rings. The maximum Gasteiger partial charge on any atom is 1.00 e. The monoisotopic (exact) mass is 212 g/mol. The fourth-order valence-corrected chi connectivity index (χ4v) is 1.17. The number of nitrogens with two attached hydrogens (primary N) is 2. The van der Waals surface area contributed by atoms with Gasteiger partial charge in [-0.05, 0) is 24.3 Å². The van der Waals surface area contributed by atoms with Crippen LogP contribution < -0.4 is 62.3 Å². The average Bonchev–Trinajstić information content (AvgIpc) is 1.86. The maximum absolute atomic E-state index is 10.7. The largest absolute Gasteiger partial charge is 1.00 e. The van der Waals surface area contributed by atoms with E-state index in [-0.39, 0.29) is 57.7 Å². The molecule has 4 N–H and O–H groups in total. The molecule has 1 aromatic carbocycles. The van der Waals surface area contributed by atoms with Gasteiger partial charge in [0.25, 0.3) is 0 Å². The molecule has 0 atom stereocenters. The summed E-state index contributed by atoms with van der Waals surface area (Å²) in [5, 5.41) is 4.84. The van der Waals surface area contributed by atoms with Crippen LogP contribution in [0.5, 0.6) is 0 Å². The van der Waals surface area contributed by atoms with Gasteiger partial charge in [0.1, 0.15) is 0 Å². The Morgan fingerprint density at radius 2 is 1.58 bits per heavy atom. The van der Waals surface area contributed by atoms with E-state index in [2.05, 4.69) is 0 Å². The number of primary sulfonamides is 1. The molecule has 0 heterocycles. The van der Waals surface area contributed by atoms with Crippen molar-refractivity contribution in [1.82, 2.24) is 0 Å². The summed E-state index contributed by atoms with van der Waals surface area (Å²) in [6, 6.07) is 5.70. The Morgan fingerprint density at radius 1 is 1.17 bits per heavy atom. The Morgan fingerprint density at radius 3 is 1.92 bits per heavy atom. The molecule has 0 spiro atoms. The van der Waals surface area contributed by atoms with Crippen LogP contribution in [-0.2, 0) is 10.0 Å². The van der Waals surface area contributed by atoms with Crippen molar-refractivity contribution in [2.75, 3.05) is 5.73 Å². The second kappa shape index (κ2) is 4.71. The summed E-state index contributed by atoms with van der Waals surface area (Å²) < 4.78 is 21.4. The van der Waals surface area contributed by atoms with Gasteiger partial charge < -0.3 is 7.16 Å². The zero-order valence-electron chi connectivity index (χ0n) is 7.69. The zero-order chi connectivity index (χ0) is 8.48. The molecule has 0 saturated heterocycles. The molecule has 0 unspecified atom stereocenters. The Bertz CT molecular complexity index is 351. The van der Waals surface area contributed by atoms with Gasteiger partial charge in [-0.2, -0.15) is 0 Å². The molecule has 0 amide bonds. The van der Waals surface area contributed by atoms with Gasteiger partial charge in [-0.15, -0.1) is 0 Å². The molecule has 0 aliphatic heterocycles. The zero-order valence-corrected chi connectivity index (χ0v) is 10.6. The van der Waals surface area contributed by atoms with Crippen LogP contribution in [0, 0.1) is 0 Å². The van der Waals surface area contributed by atoms with Gasteiger partial charge in [0, 0.05) is 5.69 Å². The third-order valence-electron chi connectivity index (χ3n) is 1.21. The van der Waals surface area contributed by atoms with Crippen molar-refractivity contribution < 1.29 is 61.2 Å². The topological polar surface area (TPSA) is 86.2 Å². The van der Waals surface area contributed by atoms with Crippen LogP contribution in [0.1, 0.15) is 1.43 Å². The minimum absolute atomic E-state index is 0. The van der Waals surface area contributed by atoms with Gasteiger partial charge in [-0.1, -0.05) is 0 Å². The summed E-state index contributed by atoms with van der Waals surface area (Å²) in [4.78, 5) is 0.0756. The molecule has 0 bridgehead atoms.